The van der Waals surface area contributed by atoms with Crippen LogP contribution < -0.4 is 21.3 Å². The minimum atomic E-state index is -1.21. The summed E-state index contributed by atoms with van der Waals surface area (Å²) in [6.07, 6.45) is 6.68. The van der Waals surface area contributed by atoms with E-state index in [1.807, 2.05) is 6.92 Å². The van der Waals surface area contributed by atoms with Crippen molar-refractivity contribution in [2.45, 2.75) is 154 Å². The Labute approximate surface area is 290 Å². The molecule has 278 valence electrons. The molecule has 6 N–H and O–H groups in total. The van der Waals surface area contributed by atoms with Gasteiger partial charge in [0.25, 0.3) is 0 Å². The van der Waals surface area contributed by atoms with Crippen molar-refractivity contribution >= 4 is 35.4 Å². The van der Waals surface area contributed by atoms with Gasteiger partial charge in [-0.25, -0.2) is 0 Å². The Balaban J connectivity index is 1.63. The fourth-order valence-corrected chi connectivity index (χ4v) is 7.19. The van der Waals surface area contributed by atoms with Crippen molar-refractivity contribution in [3.05, 3.63) is 0 Å². The summed E-state index contributed by atoms with van der Waals surface area (Å²) in [7, 11) is 0. The molecule has 0 bridgehead atoms. The molecule has 14 nitrogen and oxygen atoms in total. The molecule has 2 aliphatic heterocycles. The fraction of sp³-hybridized carbons (Fsp3) is 0.829. The predicted octanol–water partition coefficient (Wildman–Crippen LogP) is 0.727. The number of likely N-dealkylation sites (tertiary alicyclic amines) is 2. The first-order valence-electron chi connectivity index (χ1n) is 18.4. The molecule has 6 amide bonds. The van der Waals surface area contributed by atoms with Gasteiger partial charge in [-0.15, -0.1) is 0 Å². The number of aliphatic hydroxyl groups is 2. The molecule has 2 saturated heterocycles. The molecule has 14 heteroatoms. The Hall–Kier alpha value is -3.26. The SMILES string of the molecule is CCCNC(=O)[C@@H](NC(=O)[C@@H]1CCCN1C(=O)[C@H](C)NC(=O)[C@@H]1CCCCN1C(=O)[C@@H](NC(=O)[C@@H](O)CC1CCCCC1)C(C)C)[C@@H](C)O. The van der Waals surface area contributed by atoms with Crippen LogP contribution in [0.3, 0.4) is 0 Å². The molecule has 0 aromatic heterocycles. The standard InChI is InChI=1S/C35H60N6O8/c1-6-17-36-33(47)29(23(5)42)39-31(45)26-16-12-19-40(26)34(48)22(4)37-30(44)25-15-10-11-18-41(25)35(49)28(21(2)3)38-32(46)27(43)20-24-13-8-7-9-14-24/h21-29,42-43H,6-20H2,1-5H3,(H,36,47)(H,37,44)(H,38,46)(H,39,45)/t22-,23+,25-,26-,27-,28-,29-/m0/s1. The van der Waals surface area contributed by atoms with Crippen LogP contribution in [0.25, 0.3) is 0 Å². The summed E-state index contributed by atoms with van der Waals surface area (Å²) in [5.74, 6) is -3.04. The molecule has 1 aliphatic carbocycles. The average molecular weight is 693 g/mol. The van der Waals surface area contributed by atoms with Crippen LogP contribution in [0.2, 0.25) is 0 Å². The lowest BCUT2D eigenvalue weighted by Gasteiger charge is -2.38. The van der Waals surface area contributed by atoms with Crippen LogP contribution >= 0.6 is 0 Å². The van der Waals surface area contributed by atoms with Crippen LogP contribution in [-0.4, -0.2) is 118 Å². The van der Waals surface area contributed by atoms with E-state index >= 15 is 0 Å². The second kappa shape index (κ2) is 19.2. The Morgan fingerprint density at radius 1 is 0.673 bits per heavy atom. The van der Waals surface area contributed by atoms with Gasteiger partial charge in [0.15, 0.2) is 0 Å². The maximum Gasteiger partial charge on any atom is 0.249 e. The smallest absolute Gasteiger partial charge is 0.249 e. The highest BCUT2D eigenvalue weighted by atomic mass is 16.3. The molecule has 3 fully saturated rings. The van der Waals surface area contributed by atoms with Gasteiger partial charge in [-0.3, -0.25) is 28.8 Å². The van der Waals surface area contributed by atoms with Gasteiger partial charge in [-0.1, -0.05) is 52.9 Å². The quantitative estimate of drug-likeness (QED) is 0.144. The molecule has 49 heavy (non-hydrogen) atoms. The molecule has 0 radical (unpaired) electrons. The van der Waals surface area contributed by atoms with Crippen LogP contribution in [-0.2, 0) is 28.8 Å². The largest absolute Gasteiger partial charge is 0.391 e. The van der Waals surface area contributed by atoms with Gasteiger partial charge < -0.3 is 41.3 Å². The Kier molecular flexibility index (Phi) is 15.8. The molecule has 3 aliphatic rings. The first-order chi connectivity index (χ1) is 23.3. The third-order valence-corrected chi connectivity index (χ3v) is 10.1. The zero-order valence-electron chi connectivity index (χ0n) is 30.0. The third kappa shape index (κ3) is 11.1. The van der Waals surface area contributed by atoms with Gasteiger partial charge in [0.05, 0.1) is 6.10 Å². The molecule has 0 aromatic rings. The third-order valence-electron chi connectivity index (χ3n) is 10.1. The number of hydrogen-bond donors (Lipinski definition) is 6. The number of hydrogen-bond acceptors (Lipinski definition) is 8. The minimum Gasteiger partial charge on any atom is -0.391 e. The molecule has 0 aromatic carbocycles. The summed E-state index contributed by atoms with van der Waals surface area (Å²) in [5.41, 5.74) is 0. The first kappa shape index (κ1) is 40.2. The van der Waals surface area contributed by atoms with E-state index in [-0.39, 0.29) is 18.4 Å². The van der Waals surface area contributed by atoms with Crippen LogP contribution in [0.15, 0.2) is 0 Å². The molecule has 1 saturated carbocycles. The summed E-state index contributed by atoms with van der Waals surface area (Å²) in [6.45, 7) is 9.43. The number of piperidine rings is 1. The lowest BCUT2D eigenvalue weighted by molar-refractivity contribution is -0.148. The van der Waals surface area contributed by atoms with E-state index in [1.54, 1.807) is 13.8 Å². The van der Waals surface area contributed by atoms with Crippen molar-refractivity contribution in [1.82, 2.24) is 31.1 Å². The van der Waals surface area contributed by atoms with E-state index < -0.39 is 77.9 Å². The van der Waals surface area contributed by atoms with Crippen molar-refractivity contribution in [1.29, 1.82) is 0 Å². The normalized spacial score (nSPS) is 23.2. The zero-order valence-corrected chi connectivity index (χ0v) is 30.0. The second-order valence-corrected chi connectivity index (χ2v) is 14.5. The lowest BCUT2D eigenvalue weighted by atomic mass is 9.85. The topological polar surface area (TPSA) is 197 Å². The summed E-state index contributed by atoms with van der Waals surface area (Å²) in [5, 5.41) is 31.6. The van der Waals surface area contributed by atoms with Crippen LogP contribution in [0.1, 0.15) is 112 Å². The molecule has 2 heterocycles. The molecule has 3 rings (SSSR count). The number of carbonyl (C=O) groups excluding carboxylic acids is 6. The van der Waals surface area contributed by atoms with E-state index in [2.05, 4.69) is 21.3 Å². The monoisotopic (exact) mass is 692 g/mol. The predicted molar refractivity (Wildman–Crippen MR) is 183 cm³/mol. The maximum atomic E-state index is 13.9. The van der Waals surface area contributed by atoms with Gasteiger partial charge in [-0.2, -0.15) is 0 Å². The number of rotatable bonds is 15. The number of carbonyl (C=O) groups is 6. The summed E-state index contributed by atoms with van der Waals surface area (Å²) >= 11 is 0. The summed E-state index contributed by atoms with van der Waals surface area (Å²) in [6, 6.07) is -4.84. The first-order valence-corrected chi connectivity index (χ1v) is 18.4. The van der Waals surface area contributed by atoms with Gasteiger partial charge >= 0.3 is 0 Å². The highest BCUT2D eigenvalue weighted by Gasteiger charge is 2.41. The van der Waals surface area contributed by atoms with Gasteiger partial charge in [-0.05, 0) is 70.6 Å². The Morgan fingerprint density at radius 2 is 1.24 bits per heavy atom. The van der Waals surface area contributed by atoms with E-state index in [4.69, 9.17) is 0 Å². The fourth-order valence-electron chi connectivity index (χ4n) is 7.19. The van der Waals surface area contributed by atoms with Gasteiger partial charge in [0.1, 0.15) is 36.3 Å². The van der Waals surface area contributed by atoms with Crippen molar-refractivity contribution < 1.29 is 39.0 Å². The second-order valence-electron chi connectivity index (χ2n) is 14.5. The van der Waals surface area contributed by atoms with Crippen molar-refractivity contribution in [3.8, 4) is 0 Å². The minimum absolute atomic E-state index is 0.283. The molecule has 7 atom stereocenters. The van der Waals surface area contributed by atoms with Crippen LogP contribution in [0.4, 0.5) is 0 Å². The molecular weight excluding hydrogens is 632 g/mol. The lowest BCUT2D eigenvalue weighted by Crippen LogP contribution is -2.61. The van der Waals surface area contributed by atoms with E-state index in [0.29, 0.717) is 58.0 Å². The highest BCUT2D eigenvalue weighted by molar-refractivity contribution is 5.97. The number of nitrogens with zero attached hydrogens (tertiary/aromatic N) is 2. The van der Waals surface area contributed by atoms with Crippen LogP contribution in [0.5, 0.6) is 0 Å². The van der Waals surface area contributed by atoms with Gasteiger partial charge in [0.2, 0.25) is 35.4 Å². The summed E-state index contributed by atoms with van der Waals surface area (Å²) < 4.78 is 0. The van der Waals surface area contributed by atoms with Gasteiger partial charge in [0, 0.05) is 19.6 Å². The van der Waals surface area contributed by atoms with E-state index in [1.165, 1.54) is 30.1 Å². The Bertz CT molecular complexity index is 1160. The molecular formula is C35H60N6O8. The van der Waals surface area contributed by atoms with E-state index in [9.17, 15) is 39.0 Å². The van der Waals surface area contributed by atoms with Crippen molar-refractivity contribution in [2.24, 2.45) is 11.8 Å². The zero-order chi connectivity index (χ0) is 36.2. The number of amides is 6. The maximum absolute atomic E-state index is 13.9. The summed E-state index contributed by atoms with van der Waals surface area (Å²) in [4.78, 5) is 82.7. The average Bonchev–Trinajstić information content (AvgIpc) is 3.58. The van der Waals surface area contributed by atoms with Crippen molar-refractivity contribution in [2.75, 3.05) is 19.6 Å². The number of aliphatic hydroxyl groups excluding tert-OH is 2. The van der Waals surface area contributed by atoms with E-state index in [0.717, 1.165) is 25.7 Å². The molecule has 0 unspecified atom stereocenters. The van der Waals surface area contributed by atoms with Crippen molar-refractivity contribution in [3.63, 3.8) is 0 Å². The molecule has 0 spiro atoms. The van der Waals surface area contributed by atoms with Crippen LogP contribution in [0, 0.1) is 11.8 Å². The number of nitrogens with one attached hydrogen (secondary N) is 4. The Morgan fingerprint density at radius 3 is 1.86 bits per heavy atom. The highest BCUT2D eigenvalue weighted by Crippen LogP contribution is 2.28.